The molecular formula is C19H42NO4S+. The van der Waals surface area contributed by atoms with Crippen molar-refractivity contribution in [2.24, 2.45) is 0 Å². The highest BCUT2D eigenvalue weighted by Gasteiger charge is 2.23. The van der Waals surface area contributed by atoms with Gasteiger partial charge in [-0.25, -0.2) is 0 Å². The molecule has 0 unspecified atom stereocenters. The maximum atomic E-state index is 10.8. The van der Waals surface area contributed by atoms with E-state index in [0.29, 0.717) is 11.0 Å². The lowest BCUT2D eigenvalue weighted by Crippen LogP contribution is -2.47. The number of unbranched alkanes of at least 4 members (excludes halogenated alkanes) is 11. The number of likely N-dealkylation sites (N-methyl/N-ethyl adjacent to an activating group) is 1. The fourth-order valence-corrected chi connectivity index (χ4v) is 3.93. The summed E-state index contributed by atoms with van der Waals surface area (Å²) in [5.41, 5.74) is 0. The molecule has 0 bridgehead atoms. The fourth-order valence-electron chi connectivity index (χ4n) is 3.34. The molecule has 0 aliphatic heterocycles. The Hall–Kier alpha value is -0.170. The first kappa shape index (κ1) is 24.8. The van der Waals surface area contributed by atoms with Crippen LogP contribution < -0.4 is 0 Å². The Morgan fingerprint density at radius 3 is 1.60 bits per heavy atom. The molecule has 152 valence electrons. The number of nitrogens with zero attached hydrogens (tertiary/aromatic N) is 1. The molecule has 0 amide bonds. The van der Waals surface area contributed by atoms with Crippen LogP contribution in [0.5, 0.6) is 0 Å². The summed E-state index contributed by atoms with van der Waals surface area (Å²) in [6.45, 7) is 3.51. The van der Waals surface area contributed by atoms with Gasteiger partial charge in [0.15, 0.2) is 0 Å². The van der Waals surface area contributed by atoms with Crippen LogP contribution in [0.15, 0.2) is 0 Å². The van der Waals surface area contributed by atoms with Crippen molar-refractivity contribution < 1.29 is 22.6 Å². The molecule has 6 heteroatoms. The first-order valence-electron chi connectivity index (χ1n) is 10.1. The zero-order valence-corrected chi connectivity index (χ0v) is 17.6. The zero-order chi connectivity index (χ0) is 19.2. The molecule has 2 N–H and O–H groups in total. The quantitative estimate of drug-likeness (QED) is 0.227. The van der Waals surface area contributed by atoms with Crippen molar-refractivity contribution in [1.29, 1.82) is 0 Å². The highest BCUT2D eigenvalue weighted by molar-refractivity contribution is 7.85. The van der Waals surface area contributed by atoms with Gasteiger partial charge in [0.2, 0.25) is 0 Å². The molecule has 0 saturated heterocycles. The first-order valence-corrected chi connectivity index (χ1v) is 11.7. The molecule has 1 atom stereocenters. The van der Waals surface area contributed by atoms with Gasteiger partial charge >= 0.3 is 0 Å². The van der Waals surface area contributed by atoms with E-state index in [1.54, 1.807) is 0 Å². The van der Waals surface area contributed by atoms with Crippen LogP contribution in [0.3, 0.4) is 0 Å². The molecule has 0 aliphatic carbocycles. The van der Waals surface area contributed by atoms with E-state index < -0.39 is 22.0 Å². The van der Waals surface area contributed by atoms with Crippen molar-refractivity contribution in [3.05, 3.63) is 0 Å². The number of rotatable bonds is 17. The Bertz CT molecular complexity index is 410. The Balaban J connectivity index is 3.54. The molecule has 25 heavy (non-hydrogen) atoms. The zero-order valence-electron chi connectivity index (χ0n) is 16.8. The normalized spacial score (nSPS) is 14.0. The minimum Gasteiger partial charge on any atom is -0.386 e. The molecule has 0 fully saturated rings. The van der Waals surface area contributed by atoms with Gasteiger partial charge in [-0.05, 0) is 12.8 Å². The van der Waals surface area contributed by atoms with E-state index in [-0.39, 0.29) is 0 Å². The van der Waals surface area contributed by atoms with Crippen LogP contribution in [0.4, 0.5) is 0 Å². The molecular weight excluding hydrogens is 338 g/mol. The summed E-state index contributed by atoms with van der Waals surface area (Å²) in [6.07, 6.45) is 14.7. The summed E-state index contributed by atoms with van der Waals surface area (Å²) in [5.74, 6) is -0.576. The molecule has 0 radical (unpaired) electrons. The summed E-state index contributed by atoms with van der Waals surface area (Å²) in [7, 11) is -0.119. The van der Waals surface area contributed by atoms with E-state index >= 15 is 0 Å². The second-order valence-corrected chi connectivity index (χ2v) is 9.63. The lowest BCUT2D eigenvalue weighted by molar-refractivity contribution is -0.893. The van der Waals surface area contributed by atoms with E-state index in [9.17, 15) is 13.5 Å². The number of aliphatic hydroxyl groups excluding tert-OH is 1. The van der Waals surface area contributed by atoms with Crippen LogP contribution in [0.1, 0.15) is 84.0 Å². The van der Waals surface area contributed by atoms with E-state index in [1.807, 2.05) is 14.1 Å². The SMILES string of the molecule is CCCCCCCCCCCCCC[N+](C)(C)C[C@H](O)CS(=O)(=O)O. The van der Waals surface area contributed by atoms with Crippen molar-refractivity contribution in [1.82, 2.24) is 0 Å². The second kappa shape index (κ2) is 14.0. The first-order chi connectivity index (χ1) is 11.7. The average molecular weight is 381 g/mol. The fraction of sp³-hybridized carbons (Fsp3) is 1.00. The number of hydrogen-bond acceptors (Lipinski definition) is 3. The molecule has 0 rings (SSSR count). The van der Waals surface area contributed by atoms with Gasteiger partial charge in [0, 0.05) is 0 Å². The lowest BCUT2D eigenvalue weighted by Gasteiger charge is -2.31. The minimum atomic E-state index is -4.10. The van der Waals surface area contributed by atoms with E-state index in [0.717, 1.165) is 13.0 Å². The smallest absolute Gasteiger partial charge is 0.267 e. The molecule has 0 aromatic heterocycles. The Kier molecular flexibility index (Phi) is 13.9. The maximum Gasteiger partial charge on any atom is 0.267 e. The number of quaternary nitrogens is 1. The molecule has 0 aliphatic rings. The molecule has 0 aromatic carbocycles. The van der Waals surface area contributed by atoms with Crippen molar-refractivity contribution in [3.63, 3.8) is 0 Å². The van der Waals surface area contributed by atoms with Crippen molar-refractivity contribution in [3.8, 4) is 0 Å². The van der Waals surface area contributed by atoms with Crippen LogP contribution in [0, 0.1) is 0 Å². The minimum absolute atomic E-state index is 0.345. The molecule has 0 heterocycles. The molecule has 0 saturated carbocycles. The van der Waals surface area contributed by atoms with Crippen molar-refractivity contribution >= 4 is 10.1 Å². The third-order valence-electron chi connectivity index (χ3n) is 4.72. The molecule has 0 aromatic rings. The molecule has 0 spiro atoms. The second-order valence-electron chi connectivity index (χ2n) is 8.13. The topological polar surface area (TPSA) is 74.6 Å². The Labute approximate surface area is 156 Å². The standard InChI is InChI=1S/C19H41NO4S/c1-4-5-6-7-8-9-10-11-12-13-14-15-16-20(2,3)17-19(21)18-25(22,23)24/h19,21H,4-18H2,1-3H3/p+1/t19-/m0/s1. The highest BCUT2D eigenvalue weighted by Crippen LogP contribution is 2.13. The van der Waals surface area contributed by atoms with Crippen LogP contribution in [-0.4, -0.2) is 61.6 Å². The summed E-state index contributed by atoms with van der Waals surface area (Å²) < 4.78 is 30.9. The third-order valence-corrected chi connectivity index (χ3v) is 5.53. The van der Waals surface area contributed by atoms with Crippen LogP contribution in [-0.2, 0) is 10.1 Å². The predicted octanol–water partition coefficient (Wildman–Crippen LogP) is 4.01. The third kappa shape index (κ3) is 18.4. The predicted molar refractivity (Wildman–Crippen MR) is 105 cm³/mol. The number of hydrogen-bond donors (Lipinski definition) is 2. The van der Waals surface area contributed by atoms with Gasteiger partial charge in [0.1, 0.15) is 18.4 Å². The summed E-state index contributed by atoms with van der Waals surface area (Å²) >= 11 is 0. The van der Waals surface area contributed by atoms with Crippen LogP contribution >= 0.6 is 0 Å². The number of aliphatic hydroxyl groups is 1. The van der Waals surface area contributed by atoms with Crippen molar-refractivity contribution in [2.75, 3.05) is 32.9 Å². The van der Waals surface area contributed by atoms with E-state index in [4.69, 9.17) is 4.55 Å². The van der Waals surface area contributed by atoms with Crippen LogP contribution in [0.2, 0.25) is 0 Å². The van der Waals surface area contributed by atoms with Gasteiger partial charge < -0.3 is 9.59 Å². The maximum absolute atomic E-state index is 10.8. The largest absolute Gasteiger partial charge is 0.386 e. The van der Waals surface area contributed by atoms with Gasteiger partial charge in [-0.1, -0.05) is 71.1 Å². The molecule has 5 nitrogen and oxygen atoms in total. The Morgan fingerprint density at radius 2 is 1.20 bits per heavy atom. The van der Waals surface area contributed by atoms with Gasteiger partial charge in [-0.2, -0.15) is 8.42 Å². The summed E-state index contributed by atoms with van der Waals surface area (Å²) in [4.78, 5) is 0. The van der Waals surface area contributed by atoms with E-state index in [1.165, 1.54) is 70.6 Å². The van der Waals surface area contributed by atoms with Gasteiger partial charge in [-0.15, -0.1) is 0 Å². The highest BCUT2D eigenvalue weighted by atomic mass is 32.2. The van der Waals surface area contributed by atoms with Crippen LogP contribution in [0.25, 0.3) is 0 Å². The van der Waals surface area contributed by atoms with Crippen molar-refractivity contribution in [2.45, 2.75) is 90.1 Å². The monoisotopic (exact) mass is 380 g/mol. The summed E-state index contributed by atoms with van der Waals surface area (Å²) in [6, 6.07) is 0. The van der Waals surface area contributed by atoms with Gasteiger partial charge in [0.05, 0.1) is 20.6 Å². The lowest BCUT2D eigenvalue weighted by atomic mass is 10.1. The van der Waals surface area contributed by atoms with Gasteiger partial charge in [0.25, 0.3) is 10.1 Å². The average Bonchev–Trinajstić information content (AvgIpc) is 2.45. The summed E-state index contributed by atoms with van der Waals surface area (Å²) in [5, 5.41) is 9.76. The van der Waals surface area contributed by atoms with Gasteiger partial charge in [-0.3, -0.25) is 4.55 Å². The Morgan fingerprint density at radius 1 is 0.800 bits per heavy atom. The van der Waals surface area contributed by atoms with E-state index in [2.05, 4.69) is 6.92 Å².